The molecule has 7 heteroatoms. The number of benzene rings is 1. The molecule has 0 bridgehead atoms. The maximum Gasteiger partial charge on any atom is 0.412 e. The molecule has 0 spiro atoms. The molecule has 1 aromatic carbocycles. The zero-order chi connectivity index (χ0) is 17.0. The van der Waals surface area contributed by atoms with Crippen LogP contribution in [0.15, 0.2) is 41.0 Å². The molecule has 2 aromatic rings. The molecule has 1 heterocycles. The molecule has 0 unspecified atom stereocenters. The average molecular weight is 400 g/mol. The molecule has 2 rings (SSSR count). The molecular formula is C16H16BrClN2O3. The topological polar surface area (TPSA) is 60.5 Å². The number of amides is 1. The number of nitrogens with zero attached hydrogens (tertiary/aromatic N) is 1. The number of carbonyl (C=O) groups is 1. The van der Waals surface area contributed by atoms with E-state index in [1.54, 1.807) is 51.2 Å². The molecule has 0 fully saturated rings. The Morgan fingerprint density at radius 2 is 2.00 bits per heavy atom. The normalized spacial score (nSPS) is 11.0. The van der Waals surface area contributed by atoms with Crippen molar-refractivity contribution >= 4 is 39.3 Å². The Morgan fingerprint density at radius 1 is 1.26 bits per heavy atom. The lowest BCUT2D eigenvalue weighted by Gasteiger charge is -2.19. The van der Waals surface area contributed by atoms with Gasteiger partial charge < -0.3 is 9.47 Å². The molecule has 0 radical (unpaired) electrons. The van der Waals surface area contributed by atoms with E-state index in [4.69, 9.17) is 21.1 Å². The number of anilines is 1. The lowest BCUT2D eigenvalue weighted by atomic mass is 10.2. The molecule has 122 valence electrons. The average Bonchev–Trinajstić information content (AvgIpc) is 2.42. The molecule has 0 saturated heterocycles. The van der Waals surface area contributed by atoms with E-state index in [2.05, 4.69) is 26.2 Å². The first-order valence-electron chi connectivity index (χ1n) is 6.82. The number of halogens is 2. The van der Waals surface area contributed by atoms with Gasteiger partial charge >= 0.3 is 6.09 Å². The van der Waals surface area contributed by atoms with Crippen LogP contribution in [-0.2, 0) is 4.74 Å². The molecule has 1 N–H and O–H groups in total. The number of aromatic nitrogens is 1. The van der Waals surface area contributed by atoms with Gasteiger partial charge in [-0.25, -0.2) is 9.78 Å². The summed E-state index contributed by atoms with van der Waals surface area (Å²) in [6.07, 6.45) is 1.08. The van der Waals surface area contributed by atoms with Crippen molar-refractivity contribution in [3.63, 3.8) is 0 Å². The van der Waals surface area contributed by atoms with Crippen LogP contribution < -0.4 is 10.1 Å². The smallest absolute Gasteiger partial charge is 0.412 e. The number of rotatable bonds is 3. The Kier molecular flexibility index (Phi) is 5.49. The van der Waals surface area contributed by atoms with E-state index in [0.29, 0.717) is 22.3 Å². The maximum atomic E-state index is 11.7. The highest BCUT2D eigenvalue weighted by Crippen LogP contribution is 2.31. The number of hydrogen-bond donors (Lipinski definition) is 1. The van der Waals surface area contributed by atoms with Gasteiger partial charge in [-0.15, -0.1) is 0 Å². The second-order valence-electron chi connectivity index (χ2n) is 5.69. The minimum atomic E-state index is -0.565. The monoisotopic (exact) mass is 398 g/mol. The van der Waals surface area contributed by atoms with Gasteiger partial charge in [-0.05, 0) is 61.0 Å². The minimum Gasteiger partial charge on any atom is -0.444 e. The van der Waals surface area contributed by atoms with Crippen molar-refractivity contribution in [1.82, 2.24) is 4.98 Å². The van der Waals surface area contributed by atoms with Gasteiger partial charge in [0, 0.05) is 22.4 Å². The molecule has 0 atom stereocenters. The fourth-order valence-corrected chi connectivity index (χ4v) is 2.07. The second-order valence-corrected chi connectivity index (χ2v) is 7.01. The van der Waals surface area contributed by atoms with Crippen LogP contribution in [0.3, 0.4) is 0 Å². The van der Waals surface area contributed by atoms with E-state index in [0.717, 1.165) is 4.47 Å². The largest absolute Gasteiger partial charge is 0.444 e. The summed E-state index contributed by atoms with van der Waals surface area (Å²) < 4.78 is 11.6. The first kappa shape index (κ1) is 17.6. The molecule has 23 heavy (non-hydrogen) atoms. The van der Waals surface area contributed by atoms with Gasteiger partial charge in [0.15, 0.2) is 0 Å². The zero-order valence-corrected chi connectivity index (χ0v) is 15.2. The summed E-state index contributed by atoms with van der Waals surface area (Å²) in [7, 11) is 0. The van der Waals surface area contributed by atoms with Crippen LogP contribution in [0.2, 0.25) is 5.02 Å². The van der Waals surface area contributed by atoms with Crippen LogP contribution >= 0.6 is 27.5 Å². The van der Waals surface area contributed by atoms with Crippen molar-refractivity contribution in [2.24, 2.45) is 0 Å². The summed E-state index contributed by atoms with van der Waals surface area (Å²) in [4.78, 5) is 15.8. The van der Waals surface area contributed by atoms with Crippen molar-refractivity contribution in [1.29, 1.82) is 0 Å². The number of pyridine rings is 1. The minimum absolute atomic E-state index is 0.350. The van der Waals surface area contributed by atoms with Crippen molar-refractivity contribution in [2.75, 3.05) is 5.32 Å². The first-order chi connectivity index (χ1) is 10.7. The standard InChI is InChI=1S/C16H16BrClN2O3/c1-16(2,3)23-15(21)20-11-5-6-13(12(18)8-11)22-14-7-4-10(17)9-19-14/h4-9H,1-3H3,(H,20,21). The van der Waals surface area contributed by atoms with Gasteiger partial charge in [0.05, 0.1) is 5.02 Å². The molecule has 0 aliphatic heterocycles. The second kappa shape index (κ2) is 7.19. The zero-order valence-electron chi connectivity index (χ0n) is 12.9. The van der Waals surface area contributed by atoms with E-state index in [-0.39, 0.29) is 0 Å². The molecule has 1 amide bonds. The van der Waals surface area contributed by atoms with Crippen molar-refractivity contribution in [3.8, 4) is 11.6 Å². The van der Waals surface area contributed by atoms with Gasteiger partial charge in [-0.1, -0.05) is 11.6 Å². The molecule has 0 aliphatic carbocycles. The van der Waals surface area contributed by atoms with Crippen LogP contribution in [0, 0.1) is 0 Å². The SMILES string of the molecule is CC(C)(C)OC(=O)Nc1ccc(Oc2ccc(Br)cn2)c(Cl)c1. The Hall–Kier alpha value is -1.79. The highest BCUT2D eigenvalue weighted by molar-refractivity contribution is 9.10. The first-order valence-corrected chi connectivity index (χ1v) is 7.99. The Bertz CT molecular complexity index is 699. The number of nitrogens with one attached hydrogen (secondary N) is 1. The van der Waals surface area contributed by atoms with Gasteiger partial charge in [0.1, 0.15) is 11.4 Å². The summed E-state index contributed by atoms with van der Waals surface area (Å²) in [6.45, 7) is 5.38. The summed E-state index contributed by atoms with van der Waals surface area (Å²) >= 11 is 9.48. The van der Waals surface area contributed by atoms with Gasteiger partial charge in [0.2, 0.25) is 5.88 Å². The fraction of sp³-hybridized carbons (Fsp3) is 0.250. The summed E-state index contributed by atoms with van der Waals surface area (Å²) in [5.74, 6) is 0.860. The number of hydrogen-bond acceptors (Lipinski definition) is 4. The quantitative estimate of drug-likeness (QED) is 0.726. The predicted octanol–water partition coefficient (Wildman–Crippen LogP) is 5.64. The Morgan fingerprint density at radius 3 is 2.57 bits per heavy atom. The maximum absolute atomic E-state index is 11.7. The highest BCUT2D eigenvalue weighted by Gasteiger charge is 2.16. The molecule has 5 nitrogen and oxygen atoms in total. The molecule has 0 saturated carbocycles. The summed E-state index contributed by atoms with van der Waals surface area (Å²) in [5.41, 5.74) is -0.0511. The summed E-state index contributed by atoms with van der Waals surface area (Å²) in [5, 5.41) is 2.97. The number of carbonyl (C=O) groups excluding carboxylic acids is 1. The fourth-order valence-electron chi connectivity index (χ4n) is 1.62. The highest BCUT2D eigenvalue weighted by atomic mass is 79.9. The third kappa shape index (κ3) is 5.73. The van der Waals surface area contributed by atoms with Crippen molar-refractivity contribution in [2.45, 2.75) is 26.4 Å². The Balaban J connectivity index is 2.05. The summed E-state index contributed by atoms with van der Waals surface area (Å²) in [6, 6.07) is 8.43. The van der Waals surface area contributed by atoms with E-state index in [9.17, 15) is 4.79 Å². The van der Waals surface area contributed by atoms with Crippen LogP contribution in [0.25, 0.3) is 0 Å². The lowest BCUT2D eigenvalue weighted by molar-refractivity contribution is 0.0636. The van der Waals surface area contributed by atoms with E-state index in [1.807, 2.05) is 6.07 Å². The molecular weight excluding hydrogens is 384 g/mol. The van der Waals surface area contributed by atoms with Crippen LogP contribution in [0.1, 0.15) is 20.8 Å². The van der Waals surface area contributed by atoms with Crippen LogP contribution in [0.4, 0.5) is 10.5 Å². The lowest BCUT2D eigenvalue weighted by Crippen LogP contribution is -2.27. The van der Waals surface area contributed by atoms with Gasteiger partial charge in [-0.3, -0.25) is 5.32 Å². The van der Waals surface area contributed by atoms with Crippen LogP contribution in [0.5, 0.6) is 11.6 Å². The third-order valence-corrected chi connectivity index (χ3v) is 3.26. The van der Waals surface area contributed by atoms with Crippen molar-refractivity contribution < 1.29 is 14.3 Å². The van der Waals surface area contributed by atoms with E-state index < -0.39 is 11.7 Å². The third-order valence-electron chi connectivity index (χ3n) is 2.49. The number of ether oxygens (including phenoxy) is 2. The predicted molar refractivity (Wildman–Crippen MR) is 93.3 cm³/mol. The van der Waals surface area contributed by atoms with Gasteiger partial charge in [0.25, 0.3) is 0 Å². The van der Waals surface area contributed by atoms with Crippen molar-refractivity contribution in [3.05, 3.63) is 46.0 Å². The molecule has 0 aliphatic rings. The Labute approximate surface area is 148 Å². The van der Waals surface area contributed by atoms with Crippen LogP contribution in [-0.4, -0.2) is 16.7 Å². The molecule has 1 aromatic heterocycles. The van der Waals surface area contributed by atoms with E-state index in [1.165, 1.54) is 0 Å². The van der Waals surface area contributed by atoms with Gasteiger partial charge in [-0.2, -0.15) is 0 Å². The van der Waals surface area contributed by atoms with E-state index >= 15 is 0 Å².